The van der Waals surface area contributed by atoms with Gasteiger partial charge in [0.05, 0.1) is 21.6 Å². The third-order valence-electron chi connectivity index (χ3n) is 4.03. The number of fused-ring (bicyclic) bond motifs is 1. The highest BCUT2D eigenvalue weighted by atomic mass is 32.1. The highest BCUT2D eigenvalue weighted by Crippen LogP contribution is 2.39. The monoisotopic (exact) mass is 347 g/mol. The number of aromatic nitrogens is 1. The van der Waals surface area contributed by atoms with Gasteiger partial charge in [-0.25, -0.2) is 4.98 Å². The van der Waals surface area contributed by atoms with Crippen molar-refractivity contribution >= 4 is 27.8 Å². The molecule has 0 radical (unpaired) electrons. The lowest BCUT2D eigenvalue weighted by atomic mass is 10.0. The molecule has 0 aliphatic heterocycles. The summed E-state index contributed by atoms with van der Waals surface area (Å²) in [5.74, 6) is 0. The molecule has 3 rings (SSSR count). The van der Waals surface area contributed by atoms with Crippen molar-refractivity contribution in [1.82, 2.24) is 4.98 Å². The number of benzene rings is 1. The van der Waals surface area contributed by atoms with Gasteiger partial charge >= 0.3 is 0 Å². The summed E-state index contributed by atoms with van der Waals surface area (Å²) in [4.78, 5) is 16.3. The van der Waals surface area contributed by atoms with Gasteiger partial charge in [0.2, 0.25) is 0 Å². The van der Waals surface area contributed by atoms with E-state index in [1.165, 1.54) is 17.0 Å². The summed E-state index contributed by atoms with van der Waals surface area (Å²) in [6.07, 6.45) is 5.43. The first kappa shape index (κ1) is 16.9. The summed E-state index contributed by atoms with van der Waals surface area (Å²) in [5, 5.41) is 14.8. The van der Waals surface area contributed by atoms with E-state index in [2.05, 4.69) is 17.2 Å². The Balaban J connectivity index is 1.74. The first-order valence-corrected chi connectivity index (χ1v) is 9.11. The van der Waals surface area contributed by atoms with Crippen LogP contribution in [0.15, 0.2) is 24.3 Å². The first-order valence-electron chi connectivity index (χ1n) is 8.30. The lowest BCUT2D eigenvalue weighted by Gasteiger charge is -2.21. The number of nitro benzene ring substituents is 1. The average Bonchev–Trinajstić information content (AvgIpc) is 2.98. The zero-order valence-corrected chi connectivity index (χ0v) is 14.5. The van der Waals surface area contributed by atoms with Gasteiger partial charge in [0, 0.05) is 24.4 Å². The number of nitrogens with one attached hydrogen (secondary N) is 1. The lowest BCUT2D eigenvalue weighted by Crippen LogP contribution is -2.11. The number of nitro groups is 1. The van der Waals surface area contributed by atoms with E-state index in [0.29, 0.717) is 5.69 Å². The van der Waals surface area contributed by atoms with Crippen molar-refractivity contribution < 1.29 is 9.66 Å². The summed E-state index contributed by atoms with van der Waals surface area (Å²) < 4.78 is 6.02. The molecule has 0 spiro atoms. The molecular weight excluding hydrogens is 326 g/mol. The van der Waals surface area contributed by atoms with E-state index in [4.69, 9.17) is 4.74 Å². The maximum absolute atomic E-state index is 10.9. The van der Waals surface area contributed by atoms with Crippen LogP contribution in [-0.2, 0) is 11.2 Å². The second-order valence-corrected chi connectivity index (χ2v) is 6.90. The minimum absolute atomic E-state index is 0.0714. The van der Waals surface area contributed by atoms with Gasteiger partial charge in [0.15, 0.2) is 5.13 Å². The summed E-state index contributed by atoms with van der Waals surface area (Å²) in [6, 6.07) is 6.48. The molecule has 1 atom stereocenters. The van der Waals surface area contributed by atoms with Gasteiger partial charge in [0.1, 0.15) is 0 Å². The van der Waals surface area contributed by atoms with Gasteiger partial charge in [-0.15, -0.1) is 0 Å². The summed E-state index contributed by atoms with van der Waals surface area (Å²) in [5.41, 5.74) is 1.85. The van der Waals surface area contributed by atoms with Gasteiger partial charge < -0.3 is 10.1 Å². The minimum Gasteiger partial charge on any atom is -0.373 e. The molecule has 0 saturated carbocycles. The number of unbranched alkanes of at least 4 members (excludes halogenated alkanes) is 1. The van der Waals surface area contributed by atoms with Crippen LogP contribution in [0.25, 0.3) is 0 Å². The van der Waals surface area contributed by atoms with Crippen LogP contribution in [0.2, 0.25) is 0 Å². The molecule has 1 N–H and O–H groups in total. The Morgan fingerprint density at radius 2 is 2.38 bits per heavy atom. The van der Waals surface area contributed by atoms with Crippen LogP contribution in [0.4, 0.5) is 16.5 Å². The molecule has 7 heteroatoms. The molecule has 1 aliphatic carbocycles. The summed E-state index contributed by atoms with van der Waals surface area (Å²) in [6.45, 7) is 2.94. The normalized spacial score (nSPS) is 16.6. The molecule has 24 heavy (non-hydrogen) atoms. The van der Waals surface area contributed by atoms with Gasteiger partial charge in [-0.1, -0.05) is 30.7 Å². The lowest BCUT2D eigenvalue weighted by molar-refractivity contribution is -0.384. The molecule has 6 nitrogen and oxygen atoms in total. The summed E-state index contributed by atoms with van der Waals surface area (Å²) in [7, 11) is 0. The van der Waals surface area contributed by atoms with Crippen molar-refractivity contribution in [1.29, 1.82) is 0 Å². The molecule has 1 heterocycles. The fourth-order valence-corrected chi connectivity index (χ4v) is 3.90. The Hall–Kier alpha value is -1.99. The van der Waals surface area contributed by atoms with Crippen molar-refractivity contribution in [2.24, 2.45) is 0 Å². The molecule has 1 aromatic heterocycles. The van der Waals surface area contributed by atoms with Crippen molar-refractivity contribution in [3.63, 3.8) is 0 Å². The first-order chi connectivity index (χ1) is 11.7. The van der Waals surface area contributed by atoms with E-state index in [-0.39, 0.29) is 11.8 Å². The molecular formula is C17H21N3O3S. The number of rotatable bonds is 7. The average molecular weight is 347 g/mol. The number of nitrogens with zero attached hydrogens (tertiary/aromatic N) is 2. The number of thiazole rings is 1. The molecule has 1 aliphatic rings. The highest BCUT2D eigenvalue weighted by molar-refractivity contribution is 7.15. The van der Waals surface area contributed by atoms with Crippen molar-refractivity contribution in [3.05, 3.63) is 45.0 Å². The Bertz CT molecular complexity index is 717. The predicted molar refractivity (Wildman–Crippen MR) is 95.0 cm³/mol. The fraction of sp³-hybridized carbons (Fsp3) is 0.471. The Kier molecular flexibility index (Phi) is 5.42. The molecule has 0 amide bonds. The quantitative estimate of drug-likeness (QED) is 0.434. The van der Waals surface area contributed by atoms with Crippen LogP contribution in [0, 0.1) is 10.1 Å². The Morgan fingerprint density at radius 3 is 3.17 bits per heavy atom. The Labute approximate surface area is 145 Å². The maximum Gasteiger partial charge on any atom is 0.271 e. The van der Waals surface area contributed by atoms with E-state index in [9.17, 15) is 10.1 Å². The fourth-order valence-electron chi connectivity index (χ4n) is 2.78. The molecule has 2 aromatic rings. The van der Waals surface area contributed by atoms with Crippen molar-refractivity contribution in [2.45, 2.75) is 45.1 Å². The van der Waals surface area contributed by atoms with Gasteiger partial charge in [-0.2, -0.15) is 0 Å². The highest BCUT2D eigenvalue weighted by Gasteiger charge is 2.25. The van der Waals surface area contributed by atoms with Crippen LogP contribution >= 0.6 is 11.3 Å². The standard InChI is InChI=1S/C17H21N3O3S/c1-2-3-10-23-15-9-5-8-14-16(15)24-17(19-14)18-12-6-4-7-13(11-12)20(21)22/h4,6-7,11,15H,2-3,5,8-10H2,1H3,(H,18,19). The van der Waals surface area contributed by atoms with Crippen LogP contribution in [0.5, 0.6) is 0 Å². The Morgan fingerprint density at radius 1 is 1.50 bits per heavy atom. The second kappa shape index (κ2) is 7.72. The SMILES string of the molecule is CCCCOC1CCCc2nc(Nc3cccc([N+](=O)[O-])c3)sc21. The van der Waals surface area contributed by atoms with E-state index in [0.717, 1.165) is 49.5 Å². The van der Waals surface area contributed by atoms with E-state index in [1.807, 2.05) is 6.07 Å². The number of hydrogen-bond donors (Lipinski definition) is 1. The molecule has 1 unspecified atom stereocenters. The zero-order chi connectivity index (χ0) is 16.9. The van der Waals surface area contributed by atoms with Crippen molar-refractivity contribution in [3.8, 4) is 0 Å². The second-order valence-electron chi connectivity index (χ2n) is 5.87. The number of ether oxygens (including phenoxy) is 1. The zero-order valence-electron chi connectivity index (χ0n) is 13.7. The third-order valence-corrected chi connectivity index (χ3v) is 5.13. The minimum atomic E-state index is -0.393. The molecule has 0 fully saturated rings. The van der Waals surface area contributed by atoms with E-state index < -0.39 is 4.92 Å². The predicted octanol–water partition coefficient (Wildman–Crippen LogP) is 4.99. The van der Waals surface area contributed by atoms with Crippen LogP contribution < -0.4 is 5.32 Å². The molecule has 1 aromatic carbocycles. The van der Waals surface area contributed by atoms with E-state index >= 15 is 0 Å². The van der Waals surface area contributed by atoms with Crippen molar-refractivity contribution in [2.75, 3.05) is 11.9 Å². The van der Waals surface area contributed by atoms with Gasteiger partial charge in [0.25, 0.3) is 5.69 Å². The smallest absolute Gasteiger partial charge is 0.271 e. The number of hydrogen-bond acceptors (Lipinski definition) is 6. The van der Waals surface area contributed by atoms with Crippen LogP contribution in [0.3, 0.4) is 0 Å². The van der Waals surface area contributed by atoms with E-state index in [1.54, 1.807) is 17.4 Å². The molecule has 0 bridgehead atoms. The topological polar surface area (TPSA) is 77.3 Å². The molecule has 0 saturated heterocycles. The third kappa shape index (κ3) is 3.91. The van der Waals surface area contributed by atoms with Gasteiger partial charge in [-0.05, 0) is 31.7 Å². The number of aryl methyl sites for hydroxylation is 1. The van der Waals surface area contributed by atoms with Gasteiger partial charge in [-0.3, -0.25) is 10.1 Å². The molecule has 128 valence electrons. The van der Waals surface area contributed by atoms with Crippen LogP contribution in [0.1, 0.15) is 49.3 Å². The maximum atomic E-state index is 10.9. The number of anilines is 2. The summed E-state index contributed by atoms with van der Waals surface area (Å²) >= 11 is 1.59. The number of non-ortho nitro benzene ring substituents is 1. The largest absolute Gasteiger partial charge is 0.373 e. The van der Waals surface area contributed by atoms with Crippen LogP contribution in [-0.4, -0.2) is 16.5 Å².